The second kappa shape index (κ2) is 7.02. The third-order valence-corrected chi connectivity index (χ3v) is 2.28. The highest BCUT2D eigenvalue weighted by atomic mass is 16.6. The first-order chi connectivity index (χ1) is 8.90. The van der Waals surface area contributed by atoms with Crippen LogP contribution in [0.25, 0.3) is 0 Å². The molecule has 1 N–H and O–H groups in total. The number of hydrogen-bond donors (Lipinski definition) is 1. The molecule has 0 radical (unpaired) electrons. The number of rotatable bonds is 5. The minimum atomic E-state index is -0.452. The first kappa shape index (κ1) is 15.3. The van der Waals surface area contributed by atoms with Crippen molar-refractivity contribution in [1.29, 1.82) is 0 Å². The van der Waals surface area contributed by atoms with Crippen LogP contribution >= 0.6 is 0 Å². The van der Waals surface area contributed by atoms with E-state index in [1.54, 1.807) is 24.3 Å². The zero-order valence-corrected chi connectivity index (χ0v) is 12.2. The van der Waals surface area contributed by atoms with Crippen LogP contribution in [-0.2, 0) is 0 Å². The summed E-state index contributed by atoms with van der Waals surface area (Å²) >= 11 is 0. The molecule has 0 heterocycles. The van der Waals surface area contributed by atoms with Gasteiger partial charge in [-0.3, -0.25) is 0 Å². The minimum Gasteiger partial charge on any atom is -0.494 e. The molecule has 0 bridgehead atoms. The Labute approximate surface area is 115 Å². The second-order valence-corrected chi connectivity index (χ2v) is 5.44. The van der Waals surface area contributed by atoms with Gasteiger partial charge in [-0.15, -0.1) is 0 Å². The molecule has 1 rings (SSSR count). The molecule has 0 unspecified atom stereocenters. The highest BCUT2D eigenvalue weighted by molar-refractivity contribution is 5.71. The Balaban J connectivity index is 2.45. The fourth-order valence-corrected chi connectivity index (χ4v) is 1.38. The molecular formula is C15H23NO3. The molecular weight excluding hydrogens is 242 g/mol. The van der Waals surface area contributed by atoms with Crippen molar-refractivity contribution >= 4 is 6.09 Å². The van der Waals surface area contributed by atoms with Gasteiger partial charge in [-0.2, -0.15) is 0 Å². The average Bonchev–Trinajstić information content (AvgIpc) is 2.29. The Hall–Kier alpha value is -1.71. The van der Waals surface area contributed by atoms with Gasteiger partial charge < -0.3 is 14.8 Å². The Morgan fingerprint density at radius 2 is 1.74 bits per heavy atom. The summed E-state index contributed by atoms with van der Waals surface area (Å²) in [5.41, 5.74) is -0.305. The molecule has 0 aromatic heterocycles. The second-order valence-electron chi connectivity index (χ2n) is 5.44. The summed E-state index contributed by atoms with van der Waals surface area (Å²) in [6.07, 6.45) is 1.69. The molecule has 4 nitrogen and oxygen atoms in total. The summed E-state index contributed by atoms with van der Waals surface area (Å²) in [4.78, 5) is 11.6. The standard InChI is InChI=1S/C15H23NO3/c1-5-6-11-18-12-7-9-13(10-8-12)19-14(17)16-15(2,3)4/h7-10H,5-6,11H2,1-4H3,(H,16,17). The van der Waals surface area contributed by atoms with Crippen LogP contribution in [0.4, 0.5) is 4.79 Å². The topological polar surface area (TPSA) is 47.6 Å². The van der Waals surface area contributed by atoms with Crippen molar-refractivity contribution in [3.05, 3.63) is 24.3 Å². The van der Waals surface area contributed by atoms with E-state index in [4.69, 9.17) is 9.47 Å². The molecule has 4 heteroatoms. The number of benzene rings is 1. The Bertz CT molecular complexity index is 393. The molecule has 1 amide bonds. The number of carbonyl (C=O) groups is 1. The predicted molar refractivity (Wildman–Crippen MR) is 75.8 cm³/mol. The lowest BCUT2D eigenvalue weighted by atomic mass is 10.1. The largest absolute Gasteiger partial charge is 0.494 e. The molecule has 106 valence electrons. The van der Waals surface area contributed by atoms with Crippen LogP contribution in [0.1, 0.15) is 40.5 Å². The van der Waals surface area contributed by atoms with Gasteiger partial charge in [0.2, 0.25) is 0 Å². The summed E-state index contributed by atoms with van der Waals surface area (Å²) in [5, 5.41) is 2.73. The molecule has 1 aromatic rings. The number of ether oxygens (including phenoxy) is 2. The first-order valence-corrected chi connectivity index (χ1v) is 6.63. The summed E-state index contributed by atoms with van der Waals surface area (Å²) in [5.74, 6) is 1.29. The molecule has 1 aromatic carbocycles. The van der Waals surface area contributed by atoms with Crippen molar-refractivity contribution in [3.63, 3.8) is 0 Å². The SMILES string of the molecule is CCCCOc1ccc(OC(=O)NC(C)(C)C)cc1. The van der Waals surface area contributed by atoms with Crippen molar-refractivity contribution in [2.24, 2.45) is 0 Å². The van der Waals surface area contributed by atoms with E-state index in [0.717, 1.165) is 18.6 Å². The third-order valence-electron chi connectivity index (χ3n) is 2.28. The van der Waals surface area contributed by atoms with E-state index in [-0.39, 0.29) is 5.54 Å². The smallest absolute Gasteiger partial charge is 0.413 e. The van der Waals surface area contributed by atoms with Crippen LogP contribution in [0.15, 0.2) is 24.3 Å². The lowest BCUT2D eigenvalue weighted by Crippen LogP contribution is -2.42. The van der Waals surface area contributed by atoms with Crippen molar-refractivity contribution in [1.82, 2.24) is 5.32 Å². The van der Waals surface area contributed by atoms with Gasteiger partial charge in [0.15, 0.2) is 0 Å². The zero-order chi connectivity index (χ0) is 14.3. The predicted octanol–water partition coefficient (Wildman–Crippen LogP) is 3.75. The third kappa shape index (κ3) is 6.70. The van der Waals surface area contributed by atoms with E-state index in [1.807, 2.05) is 20.8 Å². The summed E-state index contributed by atoms with van der Waals surface area (Å²) < 4.78 is 10.7. The molecule has 0 aliphatic carbocycles. The van der Waals surface area contributed by atoms with E-state index in [9.17, 15) is 4.79 Å². The van der Waals surface area contributed by atoms with Crippen molar-refractivity contribution in [3.8, 4) is 11.5 Å². The van der Waals surface area contributed by atoms with E-state index in [1.165, 1.54) is 0 Å². The van der Waals surface area contributed by atoms with Gasteiger partial charge in [0.25, 0.3) is 0 Å². The molecule has 0 aliphatic rings. The lowest BCUT2D eigenvalue weighted by Gasteiger charge is -2.19. The van der Waals surface area contributed by atoms with Gasteiger partial charge in [0, 0.05) is 5.54 Å². The normalized spacial score (nSPS) is 10.9. The van der Waals surface area contributed by atoms with Crippen LogP contribution < -0.4 is 14.8 Å². The molecule has 0 fully saturated rings. The maximum Gasteiger partial charge on any atom is 0.413 e. The fourth-order valence-electron chi connectivity index (χ4n) is 1.38. The number of nitrogens with one attached hydrogen (secondary N) is 1. The Kier molecular flexibility index (Phi) is 5.67. The molecule has 0 saturated carbocycles. The molecule has 0 spiro atoms. The van der Waals surface area contributed by atoms with Crippen molar-refractivity contribution in [2.45, 2.75) is 46.1 Å². The Morgan fingerprint density at radius 1 is 1.16 bits per heavy atom. The van der Waals surface area contributed by atoms with Crippen LogP contribution in [0.2, 0.25) is 0 Å². The van der Waals surface area contributed by atoms with Gasteiger partial charge in [-0.25, -0.2) is 4.79 Å². The quantitative estimate of drug-likeness (QED) is 0.825. The molecule has 0 saturated heterocycles. The van der Waals surface area contributed by atoms with Gasteiger partial charge in [-0.05, 0) is 51.5 Å². The highest BCUT2D eigenvalue weighted by Gasteiger charge is 2.15. The van der Waals surface area contributed by atoms with E-state index >= 15 is 0 Å². The van der Waals surface area contributed by atoms with E-state index in [0.29, 0.717) is 12.4 Å². The molecule has 19 heavy (non-hydrogen) atoms. The van der Waals surface area contributed by atoms with Gasteiger partial charge in [0.1, 0.15) is 11.5 Å². The highest BCUT2D eigenvalue weighted by Crippen LogP contribution is 2.18. The number of unbranched alkanes of at least 4 members (excludes halogenated alkanes) is 1. The van der Waals surface area contributed by atoms with Crippen LogP contribution in [0, 0.1) is 0 Å². The number of hydrogen-bond acceptors (Lipinski definition) is 3. The van der Waals surface area contributed by atoms with E-state index < -0.39 is 6.09 Å². The van der Waals surface area contributed by atoms with Gasteiger partial charge in [0.05, 0.1) is 6.61 Å². The van der Waals surface area contributed by atoms with Crippen molar-refractivity contribution in [2.75, 3.05) is 6.61 Å². The maximum absolute atomic E-state index is 11.6. The first-order valence-electron chi connectivity index (χ1n) is 6.63. The van der Waals surface area contributed by atoms with Crippen molar-refractivity contribution < 1.29 is 14.3 Å². The maximum atomic E-state index is 11.6. The molecule has 0 atom stereocenters. The zero-order valence-electron chi connectivity index (χ0n) is 12.2. The summed E-state index contributed by atoms with van der Waals surface area (Å²) in [6, 6.07) is 7.05. The van der Waals surface area contributed by atoms with Crippen LogP contribution in [-0.4, -0.2) is 18.2 Å². The van der Waals surface area contributed by atoms with Crippen LogP contribution in [0.5, 0.6) is 11.5 Å². The fraction of sp³-hybridized carbons (Fsp3) is 0.533. The number of amides is 1. The summed E-state index contributed by atoms with van der Waals surface area (Å²) in [6.45, 7) is 8.53. The lowest BCUT2D eigenvalue weighted by molar-refractivity contribution is 0.190. The summed E-state index contributed by atoms with van der Waals surface area (Å²) in [7, 11) is 0. The average molecular weight is 265 g/mol. The minimum absolute atomic E-state index is 0.305. The van der Waals surface area contributed by atoms with E-state index in [2.05, 4.69) is 12.2 Å². The Morgan fingerprint density at radius 3 is 2.26 bits per heavy atom. The van der Waals surface area contributed by atoms with Gasteiger partial charge >= 0.3 is 6.09 Å². The van der Waals surface area contributed by atoms with Crippen LogP contribution in [0.3, 0.4) is 0 Å². The van der Waals surface area contributed by atoms with Gasteiger partial charge in [-0.1, -0.05) is 13.3 Å². The molecule has 0 aliphatic heterocycles. The monoisotopic (exact) mass is 265 g/mol. The number of carbonyl (C=O) groups excluding carboxylic acids is 1.